The van der Waals surface area contributed by atoms with Crippen molar-refractivity contribution in [1.82, 2.24) is 0 Å². The number of halogens is 3. The Morgan fingerprint density at radius 1 is 0.778 bits per heavy atom. The molecule has 0 aromatic heterocycles. The van der Waals surface area contributed by atoms with Crippen LogP contribution in [0.3, 0.4) is 0 Å². The molecule has 0 aliphatic heterocycles. The van der Waals surface area contributed by atoms with Crippen molar-refractivity contribution in [3.8, 4) is 0 Å². The first-order chi connectivity index (χ1) is 17.4. The predicted octanol–water partition coefficient (Wildman–Crippen LogP) is 9.89. The van der Waals surface area contributed by atoms with Gasteiger partial charge in [0.15, 0.2) is 0 Å². The Morgan fingerprint density at radius 2 is 1.36 bits per heavy atom. The van der Waals surface area contributed by atoms with E-state index in [4.69, 9.17) is 4.74 Å². The number of rotatable bonds is 10. The first-order valence-corrected chi connectivity index (χ1v) is 14.3. The molecule has 0 heterocycles. The fourth-order valence-electron chi connectivity index (χ4n) is 6.45. The van der Waals surface area contributed by atoms with Crippen LogP contribution in [0, 0.1) is 17.7 Å². The number of alkyl halides is 2. The van der Waals surface area contributed by atoms with Crippen molar-refractivity contribution in [2.45, 2.75) is 109 Å². The molecule has 0 amide bonds. The molecular weight excluding hydrogens is 457 g/mol. The Labute approximate surface area is 215 Å². The maximum absolute atomic E-state index is 14.8. The molecule has 0 saturated heterocycles. The molecule has 4 rings (SSSR count). The van der Waals surface area contributed by atoms with Gasteiger partial charge in [-0.05, 0) is 110 Å². The minimum absolute atomic E-state index is 0.156. The molecule has 2 saturated carbocycles. The molecule has 2 fully saturated rings. The predicted molar refractivity (Wildman–Crippen MR) is 141 cm³/mol. The van der Waals surface area contributed by atoms with Gasteiger partial charge in [0.05, 0.1) is 12.2 Å². The fourth-order valence-corrected chi connectivity index (χ4v) is 6.45. The monoisotopic (exact) mass is 500 g/mol. The highest BCUT2D eigenvalue weighted by Crippen LogP contribution is 2.40. The number of hydrogen-bond donors (Lipinski definition) is 0. The van der Waals surface area contributed by atoms with Crippen LogP contribution < -0.4 is 0 Å². The number of ether oxygens (including phenoxy) is 1. The van der Waals surface area contributed by atoms with Gasteiger partial charge in [-0.15, -0.1) is 0 Å². The van der Waals surface area contributed by atoms with E-state index in [0.29, 0.717) is 12.3 Å². The lowest BCUT2D eigenvalue weighted by molar-refractivity contribution is -0.249. The molecule has 2 aliphatic carbocycles. The molecule has 0 N–H and O–H groups in total. The maximum atomic E-state index is 14.8. The zero-order valence-electron chi connectivity index (χ0n) is 22.1. The van der Waals surface area contributed by atoms with Crippen molar-refractivity contribution in [3.05, 3.63) is 70.5 Å². The molecule has 1 nitrogen and oxygen atoms in total. The minimum Gasteiger partial charge on any atom is -0.316 e. The van der Waals surface area contributed by atoms with Gasteiger partial charge in [0.2, 0.25) is 0 Å². The van der Waals surface area contributed by atoms with Crippen LogP contribution in [0.2, 0.25) is 0 Å². The van der Waals surface area contributed by atoms with Crippen molar-refractivity contribution in [2.75, 3.05) is 6.61 Å². The van der Waals surface area contributed by atoms with Crippen LogP contribution in [0.4, 0.5) is 13.2 Å². The van der Waals surface area contributed by atoms with E-state index in [-0.39, 0.29) is 12.5 Å². The molecule has 0 atom stereocenters. The van der Waals surface area contributed by atoms with E-state index < -0.39 is 17.5 Å². The third-order valence-electron chi connectivity index (χ3n) is 8.87. The maximum Gasteiger partial charge on any atom is 0.386 e. The highest BCUT2D eigenvalue weighted by Gasteiger charge is 2.36. The van der Waals surface area contributed by atoms with Crippen molar-refractivity contribution in [2.24, 2.45) is 11.8 Å². The summed E-state index contributed by atoms with van der Waals surface area (Å²) in [5, 5.41) is 0. The molecular formula is C32H43F3O. The zero-order chi connectivity index (χ0) is 25.5. The number of hydrogen-bond acceptors (Lipinski definition) is 1. The van der Waals surface area contributed by atoms with E-state index >= 15 is 0 Å². The Balaban J connectivity index is 1.27. The summed E-state index contributed by atoms with van der Waals surface area (Å²) in [6, 6.07) is 12.5. The van der Waals surface area contributed by atoms with Gasteiger partial charge in [0.25, 0.3) is 0 Å². The summed E-state index contributed by atoms with van der Waals surface area (Å²) in [7, 11) is 0. The van der Waals surface area contributed by atoms with Crippen molar-refractivity contribution in [3.63, 3.8) is 0 Å². The lowest BCUT2D eigenvalue weighted by Crippen LogP contribution is -2.22. The Morgan fingerprint density at radius 3 is 1.94 bits per heavy atom. The average Bonchev–Trinajstić information content (AvgIpc) is 2.89. The molecule has 4 heteroatoms. The summed E-state index contributed by atoms with van der Waals surface area (Å²) in [5.74, 6) is 1.63. The molecule has 2 aliphatic rings. The van der Waals surface area contributed by atoms with Gasteiger partial charge in [0, 0.05) is 0 Å². The summed E-state index contributed by atoms with van der Waals surface area (Å²) in [5.41, 5.74) is 2.49. The van der Waals surface area contributed by atoms with Gasteiger partial charge in [-0.1, -0.05) is 63.4 Å². The van der Waals surface area contributed by atoms with E-state index in [1.165, 1.54) is 62.6 Å². The van der Waals surface area contributed by atoms with E-state index in [1.807, 2.05) is 12.1 Å². The van der Waals surface area contributed by atoms with Crippen LogP contribution in [0.15, 0.2) is 42.5 Å². The fraction of sp³-hybridized carbons (Fsp3) is 0.625. The van der Waals surface area contributed by atoms with Gasteiger partial charge in [-0.3, -0.25) is 0 Å². The minimum atomic E-state index is -3.64. The van der Waals surface area contributed by atoms with Gasteiger partial charge < -0.3 is 4.74 Å². The van der Waals surface area contributed by atoms with Crippen LogP contribution >= 0.6 is 0 Å². The molecule has 0 spiro atoms. The lowest BCUT2D eigenvalue weighted by atomic mass is 9.77. The molecule has 36 heavy (non-hydrogen) atoms. The standard InChI is InChI=1S/C32H43F3O/c1-3-5-24-8-16-28(17-9-24)29-18-19-30(31(33)22-29)32(34,35)36-21-20-25-10-14-27(15-11-25)26-12-6-23(4-2)7-13-26/h10-11,14-15,18-19,22-24,26,28H,3-9,12-13,16-17,20-21H2,1-2H3. The van der Waals surface area contributed by atoms with E-state index in [1.54, 1.807) is 6.07 Å². The van der Waals surface area contributed by atoms with Gasteiger partial charge in [-0.2, -0.15) is 8.78 Å². The van der Waals surface area contributed by atoms with E-state index in [0.717, 1.165) is 48.6 Å². The summed E-state index contributed by atoms with van der Waals surface area (Å²) in [6.07, 6.45) is 9.80. The molecule has 198 valence electrons. The lowest BCUT2D eigenvalue weighted by Gasteiger charge is -2.29. The van der Waals surface area contributed by atoms with Crippen molar-refractivity contribution in [1.29, 1.82) is 0 Å². The van der Waals surface area contributed by atoms with Gasteiger partial charge in [-0.25, -0.2) is 4.39 Å². The number of benzene rings is 2. The van der Waals surface area contributed by atoms with Crippen LogP contribution in [0.25, 0.3) is 0 Å². The zero-order valence-corrected chi connectivity index (χ0v) is 22.1. The normalized spacial score (nSPS) is 25.1. The molecule has 0 bridgehead atoms. The molecule has 2 aromatic carbocycles. The van der Waals surface area contributed by atoms with Crippen LogP contribution in [-0.2, 0) is 17.3 Å². The summed E-state index contributed by atoms with van der Waals surface area (Å²) >= 11 is 0. The third kappa shape index (κ3) is 6.94. The van der Waals surface area contributed by atoms with Gasteiger partial charge >= 0.3 is 6.11 Å². The van der Waals surface area contributed by atoms with Gasteiger partial charge in [0.1, 0.15) is 5.82 Å². The van der Waals surface area contributed by atoms with Crippen LogP contribution in [0.1, 0.15) is 119 Å². The van der Waals surface area contributed by atoms with E-state index in [2.05, 4.69) is 26.0 Å². The Hall–Kier alpha value is -1.81. The molecule has 2 aromatic rings. The topological polar surface area (TPSA) is 9.23 Å². The van der Waals surface area contributed by atoms with Crippen molar-refractivity contribution < 1.29 is 17.9 Å². The van der Waals surface area contributed by atoms with Crippen LogP contribution in [-0.4, -0.2) is 6.61 Å². The second kappa shape index (κ2) is 12.6. The summed E-state index contributed by atoms with van der Waals surface area (Å²) in [4.78, 5) is 0. The first-order valence-electron chi connectivity index (χ1n) is 14.3. The smallest absolute Gasteiger partial charge is 0.316 e. The average molecular weight is 501 g/mol. The molecule has 0 radical (unpaired) electrons. The van der Waals surface area contributed by atoms with Crippen LogP contribution in [0.5, 0.6) is 0 Å². The molecule has 0 unspecified atom stereocenters. The quantitative estimate of drug-likeness (QED) is 0.315. The summed E-state index contributed by atoms with van der Waals surface area (Å²) in [6.45, 7) is 4.32. The first kappa shape index (κ1) is 27.2. The second-order valence-corrected chi connectivity index (χ2v) is 11.2. The highest BCUT2D eigenvalue weighted by atomic mass is 19.3. The van der Waals surface area contributed by atoms with E-state index in [9.17, 15) is 13.2 Å². The SMILES string of the molecule is CCCC1CCC(c2ccc(C(F)(F)OCCc3ccc(C4CCC(CC)CC4)cc3)c(F)c2)CC1. The summed E-state index contributed by atoms with van der Waals surface area (Å²) < 4.78 is 49.2. The Bertz CT molecular complexity index is 938. The Kier molecular flexibility index (Phi) is 9.55. The second-order valence-electron chi connectivity index (χ2n) is 11.2. The van der Waals surface area contributed by atoms with Crippen molar-refractivity contribution >= 4 is 0 Å². The third-order valence-corrected chi connectivity index (χ3v) is 8.87. The highest BCUT2D eigenvalue weighted by molar-refractivity contribution is 5.29. The largest absolute Gasteiger partial charge is 0.386 e.